The predicted octanol–water partition coefficient (Wildman–Crippen LogP) is 2.16. The van der Waals surface area contributed by atoms with E-state index < -0.39 is 0 Å². The molecule has 1 saturated carbocycles. The fourth-order valence-electron chi connectivity index (χ4n) is 2.52. The molecule has 1 unspecified atom stereocenters. The number of aromatic nitrogens is 2. The largest absolute Gasteiger partial charge is 0.331 e. The molecule has 3 heteroatoms. The van der Waals surface area contributed by atoms with Gasteiger partial charge in [-0.1, -0.05) is 6.92 Å². The molecule has 15 heavy (non-hydrogen) atoms. The maximum absolute atomic E-state index is 11.0. The van der Waals surface area contributed by atoms with Crippen LogP contribution in [-0.2, 0) is 13.0 Å². The molecule has 1 fully saturated rings. The lowest BCUT2D eigenvalue weighted by Gasteiger charge is -2.22. The summed E-state index contributed by atoms with van der Waals surface area (Å²) in [5.74, 6) is 2.52. The second-order valence-corrected chi connectivity index (χ2v) is 4.94. The molecule has 0 saturated heterocycles. The van der Waals surface area contributed by atoms with Crippen molar-refractivity contribution in [2.75, 3.05) is 0 Å². The molecular formula is C12H16N2O. The van der Waals surface area contributed by atoms with E-state index in [0.29, 0.717) is 17.5 Å². The Balaban J connectivity index is 2.07. The average molecular weight is 204 g/mol. The van der Waals surface area contributed by atoms with Crippen molar-refractivity contribution in [3.63, 3.8) is 0 Å². The van der Waals surface area contributed by atoms with Crippen molar-refractivity contribution in [2.24, 2.45) is 5.92 Å². The van der Waals surface area contributed by atoms with Gasteiger partial charge < -0.3 is 4.57 Å². The Labute approximate surface area is 89.5 Å². The minimum Gasteiger partial charge on any atom is -0.331 e. The second-order valence-electron chi connectivity index (χ2n) is 4.94. The van der Waals surface area contributed by atoms with Crippen LogP contribution in [0.5, 0.6) is 0 Å². The van der Waals surface area contributed by atoms with Crippen molar-refractivity contribution in [1.82, 2.24) is 9.55 Å². The van der Waals surface area contributed by atoms with E-state index in [0.717, 1.165) is 19.3 Å². The van der Waals surface area contributed by atoms with Crippen molar-refractivity contribution in [3.05, 3.63) is 17.2 Å². The SMILES string of the molecule is CC1CCn2c(C3CC3)nc(C=O)c2C1. The molecule has 0 radical (unpaired) electrons. The number of aldehydes is 1. The molecule has 3 rings (SSSR count). The van der Waals surface area contributed by atoms with Gasteiger partial charge in [-0.3, -0.25) is 4.79 Å². The molecule has 1 aliphatic carbocycles. The Hall–Kier alpha value is -1.12. The van der Waals surface area contributed by atoms with Gasteiger partial charge in [0.1, 0.15) is 11.5 Å². The monoisotopic (exact) mass is 204 g/mol. The van der Waals surface area contributed by atoms with Gasteiger partial charge in [0.25, 0.3) is 0 Å². The molecule has 1 aromatic heterocycles. The van der Waals surface area contributed by atoms with Crippen LogP contribution in [0, 0.1) is 5.92 Å². The summed E-state index contributed by atoms with van der Waals surface area (Å²) in [5, 5.41) is 0. The van der Waals surface area contributed by atoms with Gasteiger partial charge in [0.15, 0.2) is 6.29 Å². The molecule has 1 atom stereocenters. The van der Waals surface area contributed by atoms with E-state index in [-0.39, 0.29) is 0 Å². The number of fused-ring (bicyclic) bond motifs is 1. The average Bonchev–Trinajstić information content (AvgIpc) is 3.01. The van der Waals surface area contributed by atoms with Crippen molar-refractivity contribution in [3.8, 4) is 0 Å². The summed E-state index contributed by atoms with van der Waals surface area (Å²) in [5.41, 5.74) is 1.88. The Morgan fingerprint density at radius 3 is 2.87 bits per heavy atom. The summed E-state index contributed by atoms with van der Waals surface area (Å²) in [6, 6.07) is 0. The highest BCUT2D eigenvalue weighted by molar-refractivity contribution is 5.74. The van der Waals surface area contributed by atoms with Gasteiger partial charge in [0.05, 0.1) is 0 Å². The molecule has 1 aromatic rings. The zero-order chi connectivity index (χ0) is 10.4. The third kappa shape index (κ3) is 1.41. The lowest BCUT2D eigenvalue weighted by molar-refractivity contribution is 0.111. The molecular weight excluding hydrogens is 188 g/mol. The third-order valence-electron chi connectivity index (χ3n) is 3.57. The van der Waals surface area contributed by atoms with Gasteiger partial charge >= 0.3 is 0 Å². The number of hydrogen-bond acceptors (Lipinski definition) is 2. The molecule has 0 spiro atoms. The molecule has 3 nitrogen and oxygen atoms in total. The van der Waals surface area contributed by atoms with Gasteiger partial charge in [0, 0.05) is 18.2 Å². The maximum Gasteiger partial charge on any atom is 0.170 e. The van der Waals surface area contributed by atoms with Crippen LogP contribution in [0.15, 0.2) is 0 Å². The molecule has 0 N–H and O–H groups in total. The summed E-state index contributed by atoms with van der Waals surface area (Å²) in [6.07, 6.45) is 5.68. The van der Waals surface area contributed by atoms with E-state index in [4.69, 9.17) is 0 Å². The van der Waals surface area contributed by atoms with Gasteiger partial charge in [0.2, 0.25) is 0 Å². The van der Waals surface area contributed by atoms with E-state index in [1.165, 1.54) is 30.8 Å². The number of carbonyl (C=O) groups excluding carboxylic acids is 1. The van der Waals surface area contributed by atoms with Gasteiger partial charge in [-0.15, -0.1) is 0 Å². The standard InChI is InChI=1S/C12H16N2O/c1-8-4-5-14-11(6-8)10(7-15)13-12(14)9-2-3-9/h7-9H,2-6H2,1H3. The lowest BCUT2D eigenvalue weighted by Crippen LogP contribution is -2.19. The number of nitrogens with zero attached hydrogens (tertiary/aromatic N) is 2. The smallest absolute Gasteiger partial charge is 0.170 e. The number of hydrogen-bond donors (Lipinski definition) is 0. The zero-order valence-corrected chi connectivity index (χ0v) is 9.07. The van der Waals surface area contributed by atoms with Gasteiger partial charge in [-0.2, -0.15) is 0 Å². The zero-order valence-electron chi connectivity index (χ0n) is 9.07. The first-order valence-corrected chi connectivity index (χ1v) is 5.84. The van der Waals surface area contributed by atoms with Gasteiger partial charge in [-0.05, 0) is 31.6 Å². The molecule has 2 heterocycles. The lowest BCUT2D eigenvalue weighted by atomic mass is 9.97. The quantitative estimate of drug-likeness (QED) is 0.692. The molecule has 80 valence electrons. The van der Waals surface area contributed by atoms with Crippen LogP contribution in [0.2, 0.25) is 0 Å². The van der Waals surface area contributed by atoms with Crippen molar-refractivity contribution in [2.45, 2.75) is 45.1 Å². The van der Waals surface area contributed by atoms with E-state index >= 15 is 0 Å². The summed E-state index contributed by atoms with van der Waals surface area (Å²) < 4.78 is 2.31. The Kier molecular flexibility index (Phi) is 1.94. The predicted molar refractivity (Wildman–Crippen MR) is 57.1 cm³/mol. The van der Waals surface area contributed by atoms with Crippen molar-refractivity contribution < 1.29 is 4.79 Å². The van der Waals surface area contributed by atoms with E-state index in [1.54, 1.807) is 0 Å². The van der Waals surface area contributed by atoms with Crippen LogP contribution in [-0.4, -0.2) is 15.8 Å². The van der Waals surface area contributed by atoms with E-state index in [2.05, 4.69) is 16.5 Å². The Bertz CT molecular complexity index is 404. The highest BCUT2D eigenvalue weighted by Crippen LogP contribution is 2.41. The topological polar surface area (TPSA) is 34.9 Å². The Morgan fingerprint density at radius 2 is 2.20 bits per heavy atom. The van der Waals surface area contributed by atoms with Crippen LogP contribution in [0.1, 0.15) is 54.1 Å². The van der Waals surface area contributed by atoms with Crippen molar-refractivity contribution in [1.29, 1.82) is 0 Å². The van der Waals surface area contributed by atoms with Crippen LogP contribution in [0.3, 0.4) is 0 Å². The normalized spacial score (nSPS) is 25.0. The second kappa shape index (κ2) is 3.19. The van der Waals surface area contributed by atoms with Crippen LogP contribution in [0.4, 0.5) is 0 Å². The number of rotatable bonds is 2. The summed E-state index contributed by atoms with van der Waals surface area (Å²) >= 11 is 0. The van der Waals surface area contributed by atoms with Gasteiger partial charge in [-0.25, -0.2) is 4.98 Å². The fourth-order valence-corrected chi connectivity index (χ4v) is 2.52. The number of carbonyl (C=O) groups is 1. The molecule has 2 aliphatic rings. The molecule has 0 bridgehead atoms. The fraction of sp³-hybridized carbons (Fsp3) is 0.667. The minimum absolute atomic E-state index is 0.644. The van der Waals surface area contributed by atoms with Crippen LogP contribution >= 0.6 is 0 Å². The van der Waals surface area contributed by atoms with E-state index in [1.807, 2.05) is 0 Å². The first-order chi connectivity index (χ1) is 7.29. The third-order valence-corrected chi connectivity index (χ3v) is 3.57. The first kappa shape index (κ1) is 9.13. The first-order valence-electron chi connectivity index (χ1n) is 5.84. The summed E-state index contributed by atoms with van der Waals surface area (Å²) in [7, 11) is 0. The minimum atomic E-state index is 0.644. The van der Waals surface area contributed by atoms with Crippen LogP contribution < -0.4 is 0 Å². The Morgan fingerprint density at radius 1 is 1.40 bits per heavy atom. The summed E-state index contributed by atoms with van der Waals surface area (Å²) in [4.78, 5) is 15.5. The van der Waals surface area contributed by atoms with E-state index in [9.17, 15) is 4.79 Å². The summed E-state index contributed by atoms with van der Waals surface area (Å²) in [6.45, 7) is 3.31. The van der Waals surface area contributed by atoms with Crippen LogP contribution in [0.25, 0.3) is 0 Å². The van der Waals surface area contributed by atoms with Crippen molar-refractivity contribution >= 4 is 6.29 Å². The highest BCUT2D eigenvalue weighted by atomic mass is 16.1. The highest BCUT2D eigenvalue weighted by Gasteiger charge is 2.32. The molecule has 1 aliphatic heterocycles. The number of imidazole rings is 1. The maximum atomic E-state index is 11.0. The molecule has 0 aromatic carbocycles. The molecule has 0 amide bonds.